The lowest BCUT2D eigenvalue weighted by atomic mass is 9.81. The van der Waals surface area contributed by atoms with Gasteiger partial charge < -0.3 is 29.2 Å². The molecule has 0 bridgehead atoms. The number of ether oxygens (including phenoxy) is 4. The number of aliphatic hydroxyl groups is 1. The maximum atomic E-state index is 11.4. The number of hydrogen-bond acceptors (Lipinski definition) is 6. The summed E-state index contributed by atoms with van der Waals surface area (Å²) in [5.74, 6) is -0.696. The van der Waals surface area contributed by atoms with Crippen LogP contribution in [0.3, 0.4) is 0 Å². The summed E-state index contributed by atoms with van der Waals surface area (Å²) < 4.78 is 24.3. The predicted molar refractivity (Wildman–Crippen MR) is 174 cm³/mol. The second-order valence-corrected chi connectivity index (χ2v) is 19.1. The van der Waals surface area contributed by atoms with E-state index in [1.165, 1.54) is 0 Å². The van der Waals surface area contributed by atoms with E-state index in [-0.39, 0.29) is 36.8 Å². The molecule has 1 aromatic rings. The molecule has 0 aliphatic heterocycles. The van der Waals surface area contributed by atoms with Crippen LogP contribution in [-0.2, 0) is 25.6 Å². The lowest BCUT2D eigenvalue weighted by Gasteiger charge is -2.37. The van der Waals surface area contributed by atoms with Gasteiger partial charge >= 0.3 is 5.97 Å². The van der Waals surface area contributed by atoms with E-state index < -0.39 is 26.1 Å². The summed E-state index contributed by atoms with van der Waals surface area (Å²) in [6, 6.07) is 9.06. The van der Waals surface area contributed by atoms with Crippen LogP contribution in [0.5, 0.6) is 5.75 Å². The Morgan fingerprint density at radius 2 is 1.60 bits per heavy atom. The second kappa shape index (κ2) is 18.8. The number of allylic oxidation sites excluding steroid dienone is 1. The van der Waals surface area contributed by atoms with Crippen molar-refractivity contribution in [1.29, 1.82) is 0 Å². The molecule has 0 spiro atoms. The van der Waals surface area contributed by atoms with Crippen molar-refractivity contribution in [3.63, 3.8) is 0 Å². The summed E-state index contributed by atoms with van der Waals surface area (Å²) >= 11 is 0. The van der Waals surface area contributed by atoms with Gasteiger partial charge in [0, 0.05) is 26.5 Å². The first kappa shape index (κ1) is 38.3. The summed E-state index contributed by atoms with van der Waals surface area (Å²) in [7, 11) is 0.462. The van der Waals surface area contributed by atoms with E-state index in [0.29, 0.717) is 25.6 Å². The lowest BCUT2D eigenvalue weighted by molar-refractivity contribution is -0.146. The summed E-state index contributed by atoms with van der Waals surface area (Å²) in [5.41, 5.74) is 2.20. The molecular formula is C34H60O7Si. The zero-order valence-electron chi connectivity index (χ0n) is 28.2. The normalized spacial score (nSPS) is 18.4. The van der Waals surface area contributed by atoms with Crippen LogP contribution in [0, 0.1) is 29.6 Å². The average Bonchev–Trinajstić information content (AvgIpc) is 2.93. The van der Waals surface area contributed by atoms with Gasteiger partial charge in [0.05, 0.1) is 37.9 Å². The van der Waals surface area contributed by atoms with Crippen molar-refractivity contribution in [3.05, 3.63) is 41.5 Å². The number of hydrogen-bond donors (Lipinski definition) is 2. The van der Waals surface area contributed by atoms with Crippen LogP contribution in [0.25, 0.3) is 0 Å². The zero-order valence-corrected chi connectivity index (χ0v) is 29.2. The molecule has 0 radical (unpaired) electrons. The Morgan fingerprint density at radius 3 is 2.12 bits per heavy atom. The minimum atomic E-state index is -1.20. The van der Waals surface area contributed by atoms with E-state index in [1.807, 2.05) is 38.1 Å². The number of rotatable bonds is 21. The van der Waals surface area contributed by atoms with Gasteiger partial charge in [-0.2, -0.15) is 0 Å². The molecule has 0 aromatic heterocycles. The monoisotopic (exact) mass is 608 g/mol. The standard InChI is InChI=1S/C34H60O7Si/c1-12-24(3)32(40-21-29-13-15-30(38-8)16-14-29)28(7)33(41-22-39-17-18-42(9,10)11)26(5)20-23(2)19-25(4)31(35)27(6)34(36)37/h13-16,20,24-28,31-33,35H,12,17-19,21-22H2,1-11H3,(H,36,37)/b23-20+/t24-,25+,26-,27+,28+,31+,32-,33-/m1/s1. The Hall–Kier alpha value is -1.71. The van der Waals surface area contributed by atoms with Crippen LogP contribution in [0.1, 0.15) is 66.9 Å². The third kappa shape index (κ3) is 13.7. The van der Waals surface area contributed by atoms with E-state index in [9.17, 15) is 15.0 Å². The molecule has 0 aliphatic rings. The molecule has 0 saturated heterocycles. The Balaban J connectivity index is 3.12. The van der Waals surface area contributed by atoms with Crippen molar-refractivity contribution in [2.75, 3.05) is 20.5 Å². The van der Waals surface area contributed by atoms with Crippen LogP contribution >= 0.6 is 0 Å². The molecule has 2 N–H and O–H groups in total. The van der Waals surface area contributed by atoms with Gasteiger partial charge in [0.1, 0.15) is 12.5 Å². The van der Waals surface area contributed by atoms with E-state index in [4.69, 9.17) is 18.9 Å². The molecule has 7 nitrogen and oxygen atoms in total. The summed E-state index contributed by atoms with van der Waals surface area (Å²) in [4.78, 5) is 11.4. The molecule has 242 valence electrons. The minimum absolute atomic E-state index is 0.0302. The van der Waals surface area contributed by atoms with Gasteiger partial charge in [0.2, 0.25) is 0 Å². The molecule has 1 rings (SSSR count). The van der Waals surface area contributed by atoms with Crippen molar-refractivity contribution >= 4 is 14.0 Å². The highest BCUT2D eigenvalue weighted by molar-refractivity contribution is 6.76. The number of benzene rings is 1. The zero-order chi connectivity index (χ0) is 32.0. The van der Waals surface area contributed by atoms with E-state index in [2.05, 4.69) is 53.4 Å². The quantitative estimate of drug-likeness (QED) is 0.0641. The molecule has 0 heterocycles. The molecule has 8 heteroatoms. The molecule has 1 aromatic carbocycles. The first-order chi connectivity index (χ1) is 19.6. The number of methoxy groups -OCH3 is 1. The second-order valence-electron chi connectivity index (χ2n) is 13.5. The average molecular weight is 609 g/mol. The number of carboxylic acids is 1. The topological polar surface area (TPSA) is 94.5 Å². The van der Waals surface area contributed by atoms with E-state index >= 15 is 0 Å². The highest BCUT2D eigenvalue weighted by Gasteiger charge is 2.34. The SMILES string of the molecule is CC[C@@H](C)[C@@H](OCc1ccc(OC)cc1)[C@H](C)[C@H](OCOCC[Si](C)(C)C)[C@H](C)/C=C(\C)C[C@H](C)[C@H](O)[C@H](C)C(=O)O. The smallest absolute Gasteiger partial charge is 0.308 e. The maximum Gasteiger partial charge on any atom is 0.308 e. The first-order valence-corrected chi connectivity index (χ1v) is 19.3. The Labute approximate surface area is 257 Å². The number of aliphatic hydroxyl groups excluding tert-OH is 1. The third-order valence-electron chi connectivity index (χ3n) is 8.38. The summed E-state index contributed by atoms with van der Waals surface area (Å²) in [6.45, 7) is 22.7. The number of carbonyl (C=O) groups is 1. The molecular weight excluding hydrogens is 548 g/mol. The Bertz CT molecular complexity index is 927. The highest BCUT2D eigenvalue weighted by atomic mass is 28.3. The fourth-order valence-electron chi connectivity index (χ4n) is 5.39. The van der Waals surface area contributed by atoms with Gasteiger partial charge in [0.15, 0.2) is 0 Å². The molecule has 0 aliphatic carbocycles. The predicted octanol–water partition coefficient (Wildman–Crippen LogP) is 7.65. The maximum absolute atomic E-state index is 11.4. The van der Waals surface area contributed by atoms with Crippen LogP contribution in [-0.4, -0.2) is 63.1 Å². The van der Waals surface area contributed by atoms with Crippen molar-refractivity contribution in [1.82, 2.24) is 0 Å². The van der Waals surface area contributed by atoms with Gasteiger partial charge in [-0.05, 0) is 55.8 Å². The van der Waals surface area contributed by atoms with Crippen molar-refractivity contribution in [2.24, 2.45) is 29.6 Å². The van der Waals surface area contributed by atoms with Crippen molar-refractivity contribution in [2.45, 2.75) is 112 Å². The summed E-state index contributed by atoms with van der Waals surface area (Å²) in [6.07, 6.45) is 2.71. The van der Waals surface area contributed by atoms with Crippen LogP contribution in [0.15, 0.2) is 35.9 Å². The highest BCUT2D eigenvalue weighted by Crippen LogP contribution is 2.31. The summed E-state index contributed by atoms with van der Waals surface area (Å²) in [5, 5.41) is 19.9. The minimum Gasteiger partial charge on any atom is -0.497 e. The fraction of sp³-hybridized carbons (Fsp3) is 0.735. The van der Waals surface area contributed by atoms with Gasteiger partial charge in [-0.3, -0.25) is 4.79 Å². The Morgan fingerprint density at radius 1 is 0.976 bits per heavy atom. The van der Waals surface area contributed by atoms with Crippen LogP contribution in [0.4, 0.5) is 0 Å². The van der Waals surface area contributed by atoms with Gasteiger partial charge in [0.25, 0.3) is 0 Å². The van der Waals surface area contributed by atoms with Gasteiger partial charge in [-0.25, -0.2) is 0 Å². The van der Waals surface area contributed by atoms with Gasteiger partial charge in [-0.1, -0.05) is 84.5 Å². The van der Waals surface area contributed by atoms with Crippen LogP contribution in [0.2, 0.25) is 25.7 Å². The molecule has 0 fully saturated rings. The molecule has 0 unspecified atom stereocenters. The van der Waals surface area contributed by atoms with Crippen molar-refractivity contribution < 1.29 is 34.0 Å². The third-order valence-corrected chi connectivity index (χ3v) is 10.1. The Kier molecular flexibility index (Phi) is 17.2. The molecule has 0 saturated carbocycles. The number of carboxylic acid groups (broad SMARTS) is 1. The van der Waals surface area contributed by atoms with Gasteiger partial charge in [-0.15, -0.1) is 0 Å². The first-order valence-electron chi connectivity index (χ1n) is 15.6. The largest absolute Gasteiger partial charge is 0.497 e. The van der Waals surface area contributed by atoms with E-state index in [1.54, 1.807) is 14.0 Å². The molecule has 8 atom stereocenters. The molecule has 42 heavy (non-hydrogen) atoms. The fourth-order valence-corrected chi connectivity index (χ4v) is 6.15. The number of aliphatic carboxylic acids is 1. The van der Waals surface area contributed by atoms with Crippen LogP contribution < -0.4 is 4.74 Å². The van der Waals surface area contributed by atoms with E-state index in [0.717, 1.165) is 29.4 Å². The lowest BCUT2D eigenvalue weighted by Crippen LogP contribution is -2.41. The molecule has 0 amide bonds. The van der Waals surface area contributed by atoms with Crippen molar-refractivity contribution in [3.8, 4) is 5.75 Å².